The topological polar surface area (TPSA) is 59.4 Å². The lowest BCUT2D eigenvalue weighted by Crippen LogP contribution is -2.08. The molecule has 3 rings (SSSR count). The van der Waals surface area contributed by atoms with Crippen LogP contribution in [0.4, 0.5) is 0 Å². The second-order valence-electron chi connectivity index (χ2n) is 4.81. The number of hydrogen-bond donors (Lipinski definition) is 0. The molecule has 0 saturated carbocycles. The molecule has 2 aromatic heterocycles. The first kappa shape index (κ1) is 14.5. The van der Waals surface area contributed by atoms with Gasteiger partial charge >= 0.3 is 0 Å². The molecule has 3 aromatic rings. The maximum Gasteiger partial charge on any atom is 0.140 e. The smallest absolute Gasteiger partial charge is 0.140 e. The molecule has 0 amide bonds. The van der Waals surface area contributed by atoms with Gasteiger partial charge in [-0.25, -0.2) is 9.97 Å². The van der Waals surface area contributed by atoms with Gasteiger partial charge in [0.15, 0.2) is 0 Å². The number of halogens is 1. The van der Waals surface area contributed by atoms with E-state index in [1.54, 1.807) is 12.3 Å². The fourth-order valence-electron chi connectivity index (χ4n) is 2.43. The van der Waals surface area contributed by atoms with E-state index < -0.39 is 0 Å². The van der Waals surface area contributed by atoms with Gasteiger partial charge in [-0.3, -0.25) is 0 Å². The summed E-state index contributed by atoms with van der Waals surface area (Å²) in [5.41, 5.74) is 1.56. The number of aromatic nitrogens is 4. The van der Waals surface area contributed by atoms with Crippen LogP contribution in [0.3, 0.4) is 0 Å². The summed E-state index contributed by atoms with van der Waals surface area (Å²) in [5, 5.41) is 9.04. The molecule has 2 heterocycles. The second-order valence-corrected chi connectivity index (χ2v) is 5.63. The monoisotopic (exact) mass is 355 g/mol. The van der Waals surface area contributed by atoms with Crippen molar-refractivity contribution in [3.05, 3.63) is 58.8 Å². The zero-order chi connectivity index (χ0) is 15.5. The Morgan fingerprint density at radius 3 is 2.95 bits per heavy atom. The normalized spacial score (nSPS) is 10.6. The molecular formula is C16H14BrN5. The van der Waals surface area contributed by atoms with Crippen molar-refractivity contribution in [2.45, 2.75) is 20.0 Å². The lowest BCUT2D eigenvalue weighted by molar-refractivity contribution is 0.646. The fraction of sp³-hybridized carbons (Fsp3) is 0.188. The highest BCUT2D eigenvalue weighted by Gasteiger charge is 2.11. The minimum absolute atomic E-state index is 0.629. The SMILES string of the molecule is CCn1c(Br)cnc1Cn1ccnc1-c1cccc(C#N)c1. The molecule has 0 bridgehead atoms. The molecule has 0 unspecified atom stereocenters. The van der Waals surface area contributed by atoms with Crippen LogP contribution in [0.1, 0.15) is 18.3 Å². The molecule has 0 N–H and O–H groups in total. The quantitative estimate of drug-likeness (QED) is 0.719. The summed E-state index contributed by atoms with van der Waals surface area (Å²) >= 11 is 3.50. The maximum absolute atomic E-state index is 9.04. The first-order chi connectivity index (χ1) is 10.7. The number of benzene rings is 1. The van der Waals surface area contributed by atoms with Crippen LogP contribution in [0.15, 0.2) is 47.5 Å². The summed E-state index contributed by atoms with van der Waals surface area (Å²) < 4.78 is 5.12. The predicted octanol–water partition coefficient (Wildman–Crippen LogP) is 3.45. The zero-order valence-electron chi connectivity index (χ0n) is 12.1. The van der Waals surface area contributed by atoms with Crippen LogP contribution in [-0.4, -0.2) is 19.1 Å². The van der Waals surface area contributed by atoms with Gasteiger partial charge in [0.05, 0.1) is 24.4 Å². The lowest BCUT2D eigenvalue weighted by atomic mass is 10.1. The van der Waals surface area contributed by atoms with Crippen molar-refractivity contribution in [1.29, 1.82) is 5.26 Å². The first-order valence-electron chi connectivity index (χ1n) is 6.94. The van der Waals surface area contributed by atoms with E-state index in [4.69, 9.17) is 5.26 Å². The number of rotatable bonds is 4. The van der Waals surface area contributed by atoms with Crippen molar-refractivity contribution < 1.29 is 0 Å². The number of nitriles is 1. The molecule has 0 aliphatic carbocycles. The van der Waals surface area contributed by atoms with Crippen LogP contribution >= 0.6 is 15.9 Å². The standard InChI is InChI=1S/C16H14BrN5/c1-2-22-14(17)10-20-15(22)11-21-7-6-19-16(21)13-5-3-4-12(8-13)9-18/h3-8,10H,2,11H2,1H3. The third-order valence-electron chi connectivity index (χ3n) is 3.48. The van der Waals surface area contributed by atoms with Crippen LogP contribution in [-0.2, 0) is 13.1 Å². The van der Waals surface area contributed by atoms with Crippen LogP contribution in [0.5, 0.6) is 0 Å². The molecular weight excluding hydrogens is 342 g/mol. The van der Waals surface area contributed by atoms with Gasteiger partial charge in [0, 0.05) is 24.5 Å². The summed E-state index contributed by atoms with van der Waals surface area (Å²) in [4.78, 5) is 8.87. The minimum Gasteiger partial charge on any atom is -0.323 e. The highest BCUT2D eigenvalue weighted by Crippen LogP contribution is 2.20. The molecule has 22 heavy (non-hydrogen) atoms. The fourth-order valence-corrected chi connectivity index (χ4v) is 2.99. The number of hydrogen-bond acceptors (Lipinski definition) is 3. The first-order valence-corrected chi connectivity index (χ1v) is 7.73. The Kier molecular flexibility index (Phi) is 4.07. The van der Waals surface area contributed by atoms with Gasteiger partial charge in [0.2, 0.25) is 0 Å². The Balaban J connectivity index is 1.97. The number of imidazole rings is 2. The van der Waals surface area contributed by atoms with Gasteiger partial charge < -0.3 is 9.13 Å². The lowest BCUT2D eigenvalue weighted by Gasteiger charge is -2.10. The average Bonchev–Trinajstić information content (AvgIpc) is 3.14. The van der Waals surface area contributed by atoms with E-state index in [1.807, 2.05) is 35.2 Å². The largest absolute Gasteiger partial charge is 0.323 e. The van der Waals surface area contributed by atoms with Gasteiger partial charge in [-0.2, -0.15) is 5.26 Å². The molecule has 5 nitrogen and oxygen atoms in total. The van der Waals surface area contributed by atoms with E-state index in [1.165, 1.54) is 0 Å². The Morgan fingerprint density at radius 1 is 1.32 bits per heavy atom. The molecule has 0 aliphatic heterocycles. The van der Waals surface area contributed by atoms with Crippen LogP contribution in [0, 0.1) is 11.3 Å². The van der Waals surface area contributed by atoms with Crippen LogP contribution < -0.4 is 0 Å². The van der Waals surface area contributed by atoms with Crippen molar-refractivity contribution in [2.75, 3.05) is 0 Å². The summed E-state index contributed by atoms with van der Waals surface area (Å²) in [7, 11) is 0. The van der Waals surface area contributed by atoms with Crippen molar-refractivity contribution in [2.24, 2.45) is 0 Å². The van der Waals surface area contributed by atoms with E-state index in [2.05, 4.69) is 43.5 Å². The van der Waals surface area contributed by atoms with E-state index in [0.29, 0.717) is 12.1 Å². The second kappa shape index (κ2) is 6.16. The van der Waals surface area contributed by atoms with Crippen LogP contribution in [0.25, 0.3) is 11.4 Å². The third-order valence-corrected chi connectivity index (χ3v) is 4.12. The molecule has 6 heteroatoms. The molecule has 0 spiro atoms. The molecule has 0 radical (unpaired) electrons. The molecule has 1 aromatic carbocycles. The van der Waals surface area contributed by atoms with E-state index in [-0.39, 0.29) is 0 Å². The highest BCUT2D eigenvalue weighted by atomic mass is 79.9. The van der Waals surface area contributed by atoms with Crippen molar-refractivity contribution in [1.82, 2.24) is 19.1 Å². The highest BCUT2D eigenvalue weighted by molar-refractivity contribution is 9.10. The van der Waals surface area contributed by atoms with Crippen molar-refractivity contribution >= 4 is 15.9 Å². The third kappa shape index (κ3) is 2.68. The van der Waals surface area contributed by atoms with Crippen molar-refractivity contribution in [3.8, 4) is 17.5 Å². The van der Waals surface area contributed by atoms with Gasteiger partial charge in [-0.1, -0.05) is 12.1 Å². The Bertz CT molecular complexity index is 840. The predicted molar refractivity (Wildman–Crippen MR) is 87.1 cm³/mol. The molecule has 0 atom stereocenters. The summed E-state index contributed by atoms with van der Waals surface area (Å²) in [6, 6.07) is 9.63. The van der Waals surface area contributed by atoms with E-state index in [0.717, 1.165) is 28.4 Å². The Hall–Kier alpha value is -2.39. The maximum atomic E-state index is 9.04. The minimum atomic E-state index is 0.629. The van der Waals surface area contributed by atoms with Gasteiger partial charge in [0.1, 0.15) is 16.3 Å². The molecule has 0 saturated heterocycles. The molecule has 0 aliphatic rings. The molecule has 110 valence electrons. The summed E-state index contributed by atoms with van der Waals surface area (Å²) in [6.45, 7) is 3.57. The van der Waals surface area contributed by atoms with Crippen molar-refractivity contribution in [3.63, 3.8) is 0 Å². The van der Waals surface area contributed by atoms with E-state index in [9.17, 15) is 0 Å². The molecule has 0 fully saturated rings. The Morgan fingerprint density at radius 2 is 2.18 bits per heavy atom. The summed E-state index contributed by atoms with van der Waals surface area (Å²) in [5.74, 6) is 1.80. The Labute approximate surface area is 137 Å². The van der Waals surface area contributed by atoms with E-state index >= 15 is 0 Å². The number of nitrogens with zero attached hydrogens (tertiary/aromatic N) is 5. The average molecular weight is 356 g/mol. The summed E-state index contributed by atoms with van der Waals surface area (Å²) in [6.07, 6.45) is 5.51. The van der Waals surface area contributed by atoms with Crippen LogP contribution in [0.2, 0.25) is 0 Å². The van der Waals surface area contributed by atoms with Gasteiger partial charge in [-0.05, 0) is 35.0 Å². The van der Waals surface area contributed by atoms with Gasteiger partial charge in [-0.15, -0.1) is 0 Å². The van der Waals surface area contributed by atoms with Gasteiger partial charge in [0.25, 0.3) is 0 Å². The zero-order valence-corrected chi connectivity index (χ0v) is 13.7.